The molecule has 29 heavy (non-hydrogen) atoms. The lowest BCUT2D eigenvalue weighted by molar-refractivity contribution is -0.116. The van der Waals surface area contributed by atoms with Gasteiger partial charge in [0.05, 0.1) is 23.1 Å². The average molecular weight is 472 g/mol. The zero-order valence-electron chi connectivity index (χ0n) is 16.4. The summed E-state index contributed by atoms with van der Waals surface area (Å²) in [6.45, 7) is 1.35. The number of rotatable bonds is 8. The summed E-state index contributed by atoms with van der Waals surface area (Å²) in [5, 5.41) is 1.40. The Hall–Kier alpha value is -1.51. The molecular formula is C20H23Cl2N3O2S2. The van der Waals surface area contributed by atoms with Gasteiger partial charge in [-0.25, -0.2) is 4.98 Å². The van der Waals surface area contributed by atoms with Gasteiger partial charge in [0, 0.05) is 23.0 Å². The molecule has 156 valence electrons. The third-order valence-corrected chi connectivity index (χ3v) is 6.35. The van der Waals surface area contributed by atoms with Crippen molar-refractivity contribution in [3.63, 3.8) is 0 Å². The highest BCUT2D eigenvalue weighted by Gasteiger charge is 2.20. The molecule has 0 N–H and O–H groups in total. The van der Waals surface area contributed by atoms with E-state index < -0.39 is 0 Å². The second kappa shape index (κ2) is 11.0. The van der Waals surface area contributed by atoms with E-state index in [1.807, 2.05) is 56.6 Å². The van der Waals surface area contributed by atoms with Crippen LogP contribution in [0.5, 0.6) is 5.75 Å². The number of benzene rings is 2. The zero-order chi connectivity index (χ0) is 20.1. The molecule has 0 aliphatic heterocycles. The first-order chi connectivity index (χ1) is 13.5. The van der Waals surface area contributed by atoms with Gasteiger partial charge in [-0.05, 0) is 56.6 Å². The number of likely N-dealkylation sites (N-methyl/N-ethyl adjacent to an activating group) is 1. The number of aromatic nitrogens is 1. The highest BCUT2D eigenvalue weighted by atomic mass is 35.5. The van der Waals surface area contributed by atoms with Gasteiger partial charge in [-0.15, -0.1) is 24.2 Å². The molecule has 0 unspecified atom stereocenters. The first kappa shape index (κ1) is 23.8. The zero-order valence-corrected chi connectivity index (χ0v) is 19.6. The van der Waals surface area contributed by atoms with Gasteiger partial charge in [0.15, 0.2) is 5.13 Å². The van der Waals surface area contributed by atoms with Crippen molar-refractivity contribution in [1.29, 1.82) is 0 Å². The Morgan fingerprint density at radius 1 is 1.17 bits per heavy atom. The summed E-state index contributed by atoms with van der Waals surface area (Å²) in [7, 11) is 5.63. The molecule has 2 aromatic carbocycles. The Kier molecular flexibility index (Phi) is 9.04. The summed E-state index contributed by atoms with van der Waals surface area (Å²) in [5.74, 6) is 1.16. The van der Waals surface area contributed by atoms with Crippen molar-refractivity contribution in [3.05, 3.63) is 47.5 Å². The van der Waals surface area contributed by atoms with Gasteiger partial charge >= 0.3 is 0 Å². The SMILES string of the molecule is COc1ccc2nc(N(CCN(C)C)C(=O)CSc3ccc(Cl)cc3)sc2c1.Cl. The van der Waals surface area contributed by atoms with E-state index in [9.17, 15) is 4.79 Å². The largest absolute Gasteiger partial charge is 0.497 e. The minimum atomic E-state index is 0. The lowest BCUT2D eigenvalue weighted by Crippen LogP contribution is -2.37. The number of halogens is 2. The van der Waals surface area contributed by atoms with Gasteiger partial charge in [0.1, 0.15) is 5.75 Å². The lowest BCUT2D eigenvalue weighted by atomic mass is 10.3. The summed E-state index contributed by atoms with van der Waals surface area (Å²) in [5.41, 5.74) is 0.869. The summed E-state index contributed by atoms with van der Waals surface area (Å²) in [6.07, 6.45) is 0. The quantitative estimate of drug-likeness (QED) is 0.429. The number of thioether (sulfide) groups is 1. The van der Waals surface area contributed by atoms with Gasteiger partial charge in [0.2, 0.25) is 5.91 Å². The molecule has 0 aliphatic rings. The van der Waals surface area contributed by atoms with E-state index in [0.29, 0.717) is 22.5 Å². The van der Waals surface area contributed by atoms with Crippen molar-refractivity contribution in [1.82, 2.24) is 9.88 Å². The molecule has 0 saturated carbocycles. The second-order valence-corrected chi connectivity index (χ2v) is 8.92. The fraction of sp³-hybridized carbons (Fsp3) is 0.300. The fourth-order valence-corrected chi connectivity index (χ4v) is 4.45. The van der Waals surface area contributed by atoms with E-state index >= 15 is 0 Å². The minimum absolute atomic E-state index is 0. The number of ether oxygens (including phenoxy) is 1. The predicted molar refractivity (Wildman–Crippen MR) is 127 cm³/mol. The van der Waals surface area contributed by atoms with Crippen molar-refractivity contribution in [2.24, 2.45) is 0 Å². The number of hydrogen-bond acceptors (Lipinski definition) is 6. The molecule has 0 bridgehead atoms. The molecular weight excluding hydrogens is 449 g/mol. The number of anilines is 1. The third kappa shape index (κ3) is 6.49. The molecule has 1 aromatic heterocycles. The molecule has 1 heterocycles. The van der Waals surface area contributed by atoms with E-state index in [-0.39, 0.29) is 18.3 Å². The second-order valence-electron chi connectivity index (χ2n) is 6.42. The van der Waals surface area contributed by atoms with Gasteiger partial charge in [-0.2, -0.15) is 0 Å². The fourth-order valence-electron chi connectivity index (χ4n) is 2.52. The average Bonchev–Trinajstić information content (AvgIpc) is 3.10. The highest BCUT2D eigenvalue weighted by Crippen LogP contribution is 2.32. The number of methoxy groups -OCH3 is 1. The molecule has 9 heteroatoms. The lowest BCUT2D eigenvalue weighted by Gasteiger charge is -2.21. The van der Waals surface area contributed by atoms with Gasteiger partial charge in [-0.3, -0.25) is 9.69 Å². The van der Waals surface area contributed by atoms with Crippen LogP contribution in [0.15, 0.2) is 47.4 Å². The standard InChI is InChI=1S/C20H22ClN3O2S2.ClH/c1-23(2)10-11-24(19(25)13-27-16-7-4-14(21)5-8-16)20-22-17-9-6-15(26-3)12-18(17)28-20;/h4-9,12H,10-11,13H2,1-3H3;1H. The first-order valence-corrected chi connectivity index (χ1v) is 10.9. The van der Waals surface area contributed by atoms with E-state index in [1.54, 1.807) is 12.0 Å². The van der Waals surface area contributed by atoms with Crippen LogP contribution in [0.2, 0.25) is 5.02 Å². The molecule has 3 rings (SSSR count). The van der Waals surface area contributed by atoms with Crippen LogP contribution in [0.3, 0.4) is 0 Å². The van der Waals surface area contributed by atoms with Crippen LogP contribution in [0, 0.1) is 0 Å². The van der Waals surface area contributed by atoms with Crippen molar-refractivity contribution >= 4 is 68.4 Å². The van der Waals surface area contributed by atoms with E-state index in [1.165, 1.54) is 23.1 Å². The molecule has 0 radical (unpaired) electrons. The van der Waals surface area contributed by atoms with Crippen LogP contribution in [0.1, 0.15) is 0 Å². The van der Waals surface area contributed by atoms with Crippen LogP contribution in [-0.4, -0.2) is 55.8 Å². The molecule has 3 aromatic rings. The Labute approximate surface area is 190 Å². The highest BCUT2D eigenvalue weighted by molar-refractivity contribution is 8.00. The van der Waals surface area contributed by atoms with Crippen molar-refractivity contribution in [2.45, 2.75) is 4.90 Å². The third-order valence-electron chi connectivity index (χ3n) is 4.06. The first-order valence-electron chi connectivity index (χ1n) is 8.74. The molecule has 0 aliphatic carbocycles. The predicted octanol–water partition coefficient (Wildman–Crippen LogP) is 5.07. The summed E-state index contributed by atoms with van der Waals surface area (Å²) in [4.78, 5) is 22.5. The molecule has 5 nitrogen and oxygen atoms in total. The van der Waals surface area contributed by atoms with Crippen molar-refractivity contribution in [2.75, 3.05) is 44.9 Å². The molecule has 0 saturated heterocycles. The van der Waals surface area contributed by atoms with Gasteiger partial charge in [-0.1, -0.05) is 22.9 Å². The van der Waals surface area contributed by atoms with E-state index in [2.05, 4.69) is 9.88 Å². The number of nitrogens with zero attached hydrogens (tertiary/aromatic N) is 3. The summed E-state index contributed by atoms with van der Waals surface area (Å²) < 4.78 is 6.30. The number of hydrogen-bond donors (Lipinski definition) is 0. The minimum Gasteiger partial charge on any atom is -0.497 e. The van der Waals surface area contributed by atoms with Crippen LogP contribution in [0.4, 0.5) is 5.13 Å². The molecule has 0 spiro atoms. The van der Waals surface area contributed by atoms with Gasteiger partial charge < -0.3 is 9.64 Å². The molecule has 0 atom stereocenters. The molecule has 0 fully saturated rings. The maximum atomic E-state index is 13.0. The van der Waals surface area contributed by atoms with Crippen molar-refractivity contribution < 1.29 is 9.53 Å². The topological polar surface area (TPSA) is 45.7 Å². The maximum Gasteiger partial charge on any atom is 0.239 e. The monoisotopic (exact) mass is 471 g/mol. The van der Waals surface area contributed by atoms with E-state index in [0.717, 1.165) is 27.4 Å². The van der Waals surface area contributed by atoms with Crippen LogP contribution >= 0.6 is 47.1 Å². The summed E-state index contributed by atoms with van der Waals surface area (Å²) in [6, 6.07) is 13.3. The Balaban J connectivity index is 0.00000300. The van der Waals surface area contributed by atoms with Crippen LogP contribution < -0.4 is 9.64 Å². The van der Waals surface area contributed by atoms with Crippen LogP contribution in [0.25, 0.3) is 10.2 Å². The Bertz CT molecular complexity index is 949. The molecule has 1 amide bonds. The van der Waals surface area contributed by atoms with Crippen LogP contribution in [-0.2, 0) is 4.79 Å². The number of carbonyl (C=O) groups is 1. The smallest absolute Gasteiger partial charge is 0.239 e. The Morgan fingerprint density at radius 2 is 1.90 bits per heavy atom. The Morgan fingerprint density at radius 3 is 2.55 bits per heavy atom. The van der Waals surface area contributed by atoms with Gasteiger partial charge in [0.25, 0.3) is 0 Å². The van der Waals surface area contributed by atoms with E-state index in [4.69, 9.17) is 16.3 Å². The number of thiazole rings is 1. The number of amides is 1. The maximum absolute atomic E-state index is 13.0. The summed E-state index contributed by atoms with van der Waals surface area (Å²) >= 11 is 8.94. The normalized spacial score (nSPS) is 10.8. The number of carbonyl (C=O) groups excluding carboxylic acids is 1. The van der Waals surface area contributed by atoms with Crippen molar-refractivity contribution in [3.8, 4) is 5.75 Å². The number of fused-ring (bicyclic) bond motifs is 1.